The molecule has 0 bridgehead atoms. The van der Waals surface area contributed by atoms with Crippen molar-refractivity contribution in [1.29, 1.82) is 0 Å². The third-order valence-electron chi connectivity index (χ3n) is 1.99. The molecule has 0 aromatic carbocycles. The molecule has 102 valence electrons. The molecule has 0 heterocycles. The average Bonchev–Trinajstić information content (AvgIpc) is 2.21. The minimum absolute atomic E-state index is 0.0445. The molecule has 0 saturated heterocycles. The fraction of sp³-hybridized carbons (Fsp3) is 0.900. The summed E-state index contributed by atoms with van der Waals surface area (Å²) in [4.78, 5) is 11.2. The second-order valence-electron chi connectivity index (χ2n) is 3.80. The van der Waals surface area contributed by atoms with Gasteiger partial charge in [0.25, 0.3) is 0 Å². The van der Waals surface area contributed by atoms with Crippen molar-refractivity contribution in [1.82, 2.24) is 5.32 Å². The average molecular weight is 320 g/mol. The Labute approximate surface area is 107 Å². The highest BCUT2D eigenvalue weighted by atomic mass is 79.9. The van der Waals surface area contributed by atoms with Crippen LogP contribution in [-0.2, 0) is 9.53 Å². The molecular formula is C10H17BrF3NO2. The lowest BCUT2D eigenvalue weighted by Gasteiger charge is -2.11. The highest BCUT2D eigenvalue weighted by Gasteiger charge is 2.27. The minimum Gasteiger partial charge on any atom is -0.372 e. The summed E-state index contributed by atoms with van der Waals surface area (Å²) < 4.78 is 39.4. The summed E-state index contributed by atoms with van der Waals surface area (Å²) in [6, 6.07) is 0. The Morgan fingerprint density at radius 2 is 2.12 bits per heavy atom. The highest BCUT2D eigenvalue weighted by molar-refractivity contribution is 9.09. The number of rotatable bonds is 8. The lowest BCUT2D eigenvalue weighted by Crippen LogP contribution is -2.29. The van der Waals surface area contributed by atoms with Gasteiger partial charge in [0.2, 0.25) is 5.91 Å². The molecule has 0 saturated carbocycles. The highest BCUT2D eigenvalue weighted by Crippen LogP contribution is 2.14. The monoisotopic (exact) mass is 319 g/mol. The summed E-state index contributed by atoms with van der Waals surface area (Å²) >= 11 is 3.29. The summed E-state index contributed by atoms with van der Waals surface area (Å²) in [5.41, 5.74) is 0. The molecule has 17 heavy (non-hydrogen) atoms. The number of carbonyl (C=O) groups is 1. The summed E-state index contributed by atoms with van der Waals surface area (Å²) in [5, 5.41) is 3.50. The minimum atomic E-state index is -4.33. The van der Waals surface area contributed by atoms with Crippen LogP contribution in [0.25, 0.3) is 0 Å². The van der Waals surface area contributed by atoms with Gasteiger partial charge in [-0.3, -0.25) is 4.79 Å². The first-order valence-electron chi connectivity index (χ1n) is 5.32. The van der Waals surface area contributed by atoms with Crippen LogP contribution in [0, 0.1) is 5.92 Å². The Bertz CT molecular complexity index is 224. The molecule has 1 amide bonds. The predicted octanol–water partition coefficient (Wildman–Crippen LogP) is 2.49. The summed E-state index contributed by atoms with van der Waals surface area (Å²) in [6.07, 6.45) is -3.44. The van der Waals surface area contributed by atoms with Gasteiger partial charge in [-0.15, -0.1) is 0 Å². The maximum absolute atomic E-state index is 11.7. The van der Waals surface area contributed by atoms with Crippen LogP contribution in [0.3, 0.4) is 0 Å². The zero-order valence-electron chi connectivity index (χ0n) is 9.65. The van der Waals surface area contributed by atoms with Gasteiger partial charge in [-0.25, -0.2) is 0 Å². The van der Waals surface area contributed by atoms with Gasteiger partial charge in [-0.05, 0) is 12.3 Å². The van der Waals surface area contributed by atoms with E-state index >= 15 is 0 Å². The van der Waals surface area contributed by atoms with Gasteiger partial charge in [0, 0.05) is 18.3 Å². The fourth-order valence-electron chi connectivity index (χ4n) is 1.02. The van der Waals surface area contributed by atoms with Crippen LogP contribution in [-0.4, -0.2) is 37.2 Å². The van der Waals surface area contributed by atoms with E-state index in [9.17, 15) is 18.0 Å². The molecular weight excluding hydrogens is 303 g/mol. The van der Waals surface area contributed by atoms with Crippen molar-refractivity contribution in [3.63, 3.8) is 0 Å². The normalized spacial score (nSPS) is 13.5. The molecule has 1 N–H and O–H groups in total. The van der Waals surface area contributed by atoms with Crippen molar-refractivity contribution >= 4 is 21.8 Å². The van der Waals surface area contributed by atoms with E-state index in [-0.39, 0.29) is 18.9 Å². The molecule has 0 rings (SSSR count). The standard InChI is InChI=1S/C10H17BrF3NO2/c1-8(2-4-11)6-15-9(16)3-5-17-7-10(12,13)14/h8H,2-7H2,1H3,(H,15,16). The number of alkyl halides is 4. The summed E-state index contributed by atoms with van der Waals surface area (Å²) in [7, 11) is 0. The molecule has 1 atom stereocenters. The largest absolute Gasteiger partial charge is 0.411 e. The zero-order chi connectivity index (χ0) is 13.3. The van der Waals surface area contributed by atoms with Crippen LogP contribution in [0.5, 0.6) is 0 Å². The molecule has 1 unspecified atom stereocenters. The van der Waals surface area contributed by atoms with E-state index < -0.39 is 12.8 Å². The summed E-state index contributed by atoms with van der Waals surface area (Å²) in [5.74, 6) is 0.0583. The van der Waals surface area contributed by atoms with E-state index in [0.29, 0.717) is 12.5 Å². The lowest BCUT2D eigenvalue weighted by atomic mass is 10.1. The third-order valence-corrected chi connectivity index (χ3v) is 2.45. The molecule has 7 heteroatoms. The molecule has 0 radical (unpaired) electrons. The Morgan fingerprint density at radius 1 is 1.47 bits per heavy atom. The number of ether oxygens (including phenoxy) is 1. The van der Waals surface area contributed by atoms with E-state index in [1.807, 2.05) is 6.92 Å². The number of carbonyl (C=O) groups excluding carboxylic acids is 1. The molecule has 0 aromatic heterocycles. The van der Waals surface area contributed by atoms with Crippen LogP contribution in [0.2, 0.25) is 0 Å². The Hall–Kier alpha value is -0.300. The van der Waals surface area contributed by atoms with Gasteiger partial charge in [0.05, 0.1) is 6.61 Å². The lowest BCUT2D eigenvalue weighted by molar-refractivity contribution is -0.174. The van der Waals surface area contributed by atoms with Gasteiger partial charge < -0.3 is 10.1 Å². The second-order valence-corrected chi connectivity index (χ2v) is 4.60. The Balaban J connectivity index is 3.47. The number of amides is 1. The first-order valence-corrected chi connectivity index (χ1v) is 6.44. The van der Waals surface area contributed by atoms with Gasteiger partial charge in [0.1, 0.15) is 6.61 Å². The van der Waals surface area contributed by atoms with Gasteiger partial charge >= 0.3 is 6.18 Å². The smallest absolute Gasteiger partial charge is 0.372 e. The Morgan fingerprint density at radius 3 is 2.65 bits per heavy atom. The summed E-state index contributed by atoms with van der Waals surface area (Å²) in [6.45, 7) is 1.00. The van der Waals surface area contributed by atoms with Gasteiger partial charge in [-0.1, -0.05) is 22.9 Å². The van der Waals surface area contributed by atoms with Crippen LogP contribution >= 0.6 is 15.9 Å². The van der Waals surface area contributed by atoms with Crippen molar-refractivity contribution in [2.45, 2.75) is 25.9 Å². The quantitative estimate of drug-likeness (QED) is 0.551. The van der Waals surface area contributed by atoms with Gasteiger partial charge in [-0.2, -0.15) is 13.2 Å². The number of hydrogen-bond acceptors (Lipinski definition) is 2. The van der Waals surface area contributed by atoms with Crippen molar-refractivity contribution < 1.29 is 22.7 Å². The zero-order valence-corrected chi connectivity index (χ0v) is 11.2. The van der Waals surface area contributed by atoms with Crippen LogP contribution in [0.4, 0.5) is 13.2 Å². The van der Waals surface area contributed by atoms with Crippen molar-refractivity contribution in [3.8, 4) is 0 Å². The second kappa shape index (κ2) is 8.74. The molecule has 0 aliphatic carbocycles. The van der Waals surface area contributed by atoms with E-state index in [1.54, 1.807) is 0 Å². The van der Waals surface area contributed by atoms with Crippen LogP contribution < -0.4 is 5.32 Å². The molecule has 0 aromatic rings. The number of hydrogen-bond donors (Lipinski definition) is 1. The SMILES string of the molecule is CC(CCBr)CNC(=O)CCOCC(F)(F)F. The molecule has 0 aliphatic rings. The maximum Gasteiger partial charge on any atom is 0.411 e. The Kier molecular flexibility index (Phi) is 8.59. The predicted molar refractivity (Wildman–Crippen MR) is 62.1 cm³/mol. The molecule has 0 aliphatic heterocycles. The van der Waals surface area contributed by atoms with E-state index in [0.717, 1.165) is 11.8 Å². The van der Waals surface area contributed by atoms with Gasteiger partial charge in [0.15, 0.2) is 0 Å². The molecule has 0 fully saturated rings. The van der Waals surface area contributed by atoms with Crippen LogP contribution in [0.15, 0.2) is 0 Å². The first kappa shape index (κ1) is 16.7. The number of halogens is 4. The van der Waals surface area contributed by atoms with Crippen LogP contribution in [0.1, 0.15) is 19.8 Å². The van der Waals surface area contributed by atoms with Crippen molar-refractivity contribution in [2.75, 3.05) is 25.1 Å². The number of nitrogens with one attached hydrogen (secondary N) is 1. The first-order chi connectivity index (χ1) is 7.85. The van der Waals surface area contributed by atoms with E-state index in [4.69, 9.17) is 0 Å². The molecule has 3 nitrogen and oxygen atoms in total. The topological polar surface area (TPSA) is 38.3 Å². The van der Waals surface area contributed by atoms with E-state index in [2.05, 4.69) is 26.0 Å². The maximum atomic E-state index is 11.7. The van der Waals surface area contributed by atoms with E-state index in [1.165, 1.54) is 0 Å². The fourth-order valence-corrected chi connectivity index (χ4v) is 1.80. The van der Waals surface area contributed by atoms with Crippen molar-refractivity contribution in [3.05, 3.63) is 0 Å². The van der Waals surface area contributed by atoms with Crippen molar-refractivity contribution in [2.24, 2.45) is 5.92 Å². The molecule has 0 spiro atoms. The third kappa shape index (κ3) is 12.0.